The third kappa shape index (κ3) is 5.26. The highest BCUT2D eigenvalue weighted by Gasteiger charge is 2.45. The van der Waals surface area contributed by atoms with Crippen molar-refractivity contribution in [2.24, 2.45) is 5.92 Å². The number of nitrogens with zero attached hydrogens (tertiary/aromatic N) is 3. The largest absolute Gasteiger partial charge is 0.391 e. The number of carbonyl (C=O) groups is 1. The molecule has 1 aromatic heterocycles. The van der Waals surface area contributed by atoms with Crippen LogP contribution < -0.4 is 5.32 Å². The minimum Gasteiger partial charge on any atom is -0.391 e. The van der Waals surface area contributed by atoms with E-state index in [1.54, 1.807) is 16.2 Å². The van der Waals surface area contributed by atoms with Gasteiger partial charge >= 0.3 is 0 Å². The maximum absolute atomic E-state index is 14.0. The van der Waals surface area contributed by atoms with Gasteiger partial charge in [-0.15, -0.1) is 11.3 Å². The van der Waals surface area contributed by atoms with Gasteiger partial charge in [0.15, 0.2) is 0 Å². The number of thiazole rings is 1. The number of hydrogen-bond acceptors (Lipinski definition) is 7. The number of benzene rings is 2. The van der Waals surface area contributed by atoms with Crippen LogP contribution in [0, 0.1) is 12.8 Å². The van der Waals surface area contributed by atoms with Gasteiger partial charge in [-0.3, -0.25) is 9.69 Å². The summed E-state index contributed by atoms with van der Waals surface area (Å²) in [6.07, 6.45) is -1.08. The molecule has 2 aromatic carbocycles. The van der Waals surface area contributed by atoms with Crippen molar-refractivity contribution in [2.75, 3.05) is 6.54 Å². The van der Waals surface area contributed by atoms with E-state index in [1.165, 1.54) is 4.88 Å². The number of fused-ring (bicyclic) bond motifs is 1. The predicted molar refractivity (Wildman–Crippen MR) is 153 cm³/mol. The van der Waals surface area contributed by atoms with Gasteiger partial charge in [0.2, 0.25) is 5.91 Å². The summed E-state index contributed by atoms with van der Waals surface area (Å²) < 4.78 is 0. The second kappa shape index (κ2) is 11.2. The zero-order chi connectivity index (χ0) is 27.0. The quantitative estimate of drug-likeness (QED) is 0.383. The number of hydrogen-bond donors (Lipinski definition) is 3. The van der Waals surface area contributed by atoms with Crippen LogP contribution in [-0.2, 0) is 17.9 Å². The molecule has 5 rings (SSSR count). The molecule has 4 atom stereocenters. The van der Waals surface area contributed by atoms with Crippen molar-refractivity contribution >= 4 is 34.5 Å². The SMILES string of the molecule is Cc1ncsc1-c1ccc(CNC(=S)[C@@H]2C[C@@H](O)CN2C(=O)[C@H](C(C)C)N2Cc3ccccc3C2O)cc1. The third-order valence-corrected chi connectivity index (χ3v) is 8.93. The molecule has 2 aliphatic heterocycles. The van der Waals surface area contributed by atoms with E-state index < -0.39 is 24.4 Å². The fourth-order valence-corrected chi connectivity index (χ4v) is 6.70. The van der Waals surface area contributed by atoms with Gasteiger partial charge in [0, 0.05) is 26.1 Å². The van der Waals surface area contributed by atoms with Gasteiger partial charge in [-0.2, -0.15) is 0 Å². The summed E-state index contributed by atoms with van der Waals surface area (Å²) in [6, 6.07) is 15.1. The van der Waals surface area contributed by atoms with E-state index in [1.807, 2.05) is 55.4 Å². The molecule has 1 unspecified atom stereocenters. The first-order valence-electron chi connectivity index (χ1n) is 13.0. The Balaban J connectivity index is 1.27. The maximum Gasteiger partial charge on any atom is 0.240 e. The molecule has 0 bridgehead atoms. The minimum absolute atomic E-state index is 0.0351. The lowest BCUT2D eigenvalue weighted by atomic mass is 10.00. The number of rotatable bonds is 7. The van der Waals surface area contributed by atoms with E-state index in [4.69, 9.17) is 12.2 Å². The molecule has 1 fully saturated rings. The first-order chi connectivity index (χ1) is 18.2. The standard InChI is InChI=1S/C29H34N4O3S2/c1-17(2)25(33-14-21-6-4-5-7-23(21)28(33)35)29(36)32-15-22(34)12-24(32)27(37)30-13-19-8-10-20(11-9-19)26-18(3)31-16-38-26/h4-11,16-17,22,24-25,28,34-35H,12-15H2,1-3H3,(H,30,37)/t22-,24+,25+,28?/m1/s1. The molecule has 1 amide bonds. The summed E-state index contributed by atoms with van der Waals surface area (Å²) in [4.78, 5) is 23.6. The van der Waals surface area contributed by atoms with Gasteiger partial charge in [-0.1, -0.05) is 74.6 Å². The average molecular weight is 551 g/mol. The van der Waals surface area contributed by atoms with E-state index in [9.17, 15) is 15.0 Å². The van der Waals surface area contributed by atoms with Gasteiger partial charge in [-0.25, -0.2) is 4.98 Å². The Bertz CT molecular complexity index is 1310. The molecule has 3 N–H and O–H groups in total. The lowest BCUT2D eigenvalue weighted by molar-refractivity contribution is -0.144. The molecule has 0 radical (unpaired) electrons. The normalized spacial score (nSPS) is 22.1. The van der Waals surface area contributed by atoms with Crippen LogP contribution in [0.25, 0.3) is 10.4 Å². The molecular weight excluding hydrogens is 516 g/mol. The molecule has 38 heavy (non-hydrogen) atoms. The van der Waals surface area contributed by atoms with Crippen molar-refractivity contribution in [3.05, 3.63) is 76.4 Å². The first-order valence-corrected chi connectivity index (χ1v) is 14.3. The van der Waals surface area contributed by atoms with Crippen molar-refractivity contribution in [3.8, 4) is 10.4 Å². The molecule has 7 nitrogen and oxygen atoms in total. The molecule has 3 aromatic rings. The highest BCUT2D eigenvalue weighted by molar-refractivity contribution is 7.80. The van der Waals surface area contributed by atoms with Crippen LogP contribution in [-0.4, -0.2) is 60.6 Å². The Morgan fingerprint density at radius 3 is 2.58 bits per heavy atom. The zero-order valence-electron chi connectivity index (χ0n) is 21.9. The van der Waals surface area contributed by atoms with E-state index >= 15 is 0 Å². The number of aliphatic hydroxyl groups is 2. The van der Waals surface area contributed by atoms with Crippen molar-refractivity contribution < 1.29 is 15.0 Å². The van der Waals surface area contributed by atoms with Crippen molar-refractivity contribution in [3.63, 3.8) is 0 Å². The van der Waals surface area contributed by atoms with Crippen LogP contribution in [0.4, 0.5) is 0 Å². The molecule has 0 saturated carbocycles. The maximum atomic E-state index is 14.0. The lowest BCUT2D eigenvalue weighted by Gasteiger charge is -2.37. The van der Waals surface area contributed by atoms with Crippen LogP contribution >= 0.6 is 23.6 Å². The Morgan fingerprint density at radius 2 is 1.92 bits per heavy atom. The predicted octanol–water partition coefficient (Wildman–Crippen LogP) is 4.03. The minimum atomic E-state index is -0.838. The van der Waals surface area contributed by atoms with Crippen molar-refractivity contribution in [2.45, 2.75) is 64.7 Å². The van der Waals surface area contributed by atoms with Gasteiger partial charge in [0.1, 0.15) is 6.23 Å². The van der Waals surface area contributed by atoms with E-state index in [-0.39, 0.29) is 18.4 Å². The third-order valence-electron chi connectivity index (χ3n) is 7.54. The molecule has 9 heteroatoms. The molecule has 200 valence electrons. The summed E-state index contributed by atoms with van der Waals surface area (Å²) in [7, 11) is 0. The van der Waals surface area contributed by atoms with E-state index in [0.29, 0.717) is 24.5 Å². The van der Waals surface area contributed by atoms with E-state index in [0.717, 1.165) is 27.9 Å². The summed E-state index contributed by atoms with van der Waals surface area (Å²) in [5, 5.41) is 24.9. The number of aliphatic hydroxyl groups excluding tert-OH is 2. The number of β-amino-alcohol motifs (C(OH)–C–C–N with tert-alkyl or cyclic N) is 1. The number of nitrogens with one attached hydrogen (secondary N) is 1. The van der Waals surface area contributed by atoms with Gasteiger partial charge in [0.25, 0.3) is 0 Å². The highest BCUT2D eigenvalue weighted by atomic mass is 32.1. The molecular formula is C29H34N4O3S2. The van der Waals surface area contributed by atoms with Crippen LogP contribution in [0.1, 0.15) is 48.9 Å². The number of aryl methyl sites for hydroxylation is 1. The van der Waals surface area contributed by atoms with Crippen LogP contribution in [0.15, 0.2) is 54.0 Å². The lowest BCUT2D eigenvalue weighted by Crippen LogP contribution is -2.54. The monoisotopic (exact) mass is 550 g/mol. The average Bonchev–Trinajstić information content (AvgIpc) is 3.60. The first kappa shape index (κ1) is 26.9. The summed E-state index contributed by atoms with van der Waals surface area (Å²) >= 11 is 7.38. The van der Waals surface area contributed by atoms with Crippen LogP contribution in [0.2, 0.25) is 0 Å². The van der Waals surface area contributed by atoms with E-state index in [2.05, 4.69) is 34.6 Å². The molecule has 0 spiro atoms. The Hall–Kier alpha value is -2.69. The summed E-state index contributed by atoms with van der Waals surface area (Å²) in [5.74, 6) is -0.145. The number of likely N-dealkylation sites (tertiary alicyclic amines) is 1. The van der Waals surface area contributed by atoms with Crippen molar-refractivity contribution in [1.29, 1.82) is 0 Å². The highest BCUT2D eigenvalue weighted by Crippen LogP contribution is 2.36. The second-order valence-electron chi connectivity index (χ2n) is 10.5. The Labute approximate surface area is 233 Å². The zero-order valence-corrected chi connectivity index (χ0v) is 23.5. The van der Waals surface area contributed by atoms with Gasteiger partial charge in [-0.05, 0) is 35.1 Å². The van der Waals surface area contributed by atoms with Crippen LogP contribution in [0.3, 0.4) is 0 Å². The number of aromatic nitrogens is 1. The second-order valence-corrected chi connectivity index (χ2v) is 11.8. The molecule has 2 aliphatic rings. The Morgan fingerprint density at radius 1 is 1.18 bits per heavy atom. The molecule has 3 heterocycles. The fourth-order valence-electron chi connectivity index (χ4n) is 5.59. The number of carbonyl (C=O) groups excluding carboxylic acids is 1. The summed E-state index contributed by atoms with van der Waals surface area (Å²) in [5.41, 5.74) is 6.97. The molecule has 1 saturated heterocycles. The van der Waals surface area contributed by atoms with Gasteiger partial charge in [0.05, 0.1) is 39.3 Å². The van der Waals surface area contributed by atoms with Crippen LogP contribution in [0.5, 0.6) is 0 Å². The number of amides is 1. The van der Waals surface area contributed by atoms with Gasteiger partial charge < -0.3 is 20.4 Å². The topological polar surface area (TPSA) is 88.9 Å². The molecule has 0 aliphatic carbocycles. The smallest absolute Gasteiger partial charge is 0.240 e. The number of thiocarbonyl (C=S) groups is 1. The fraction of sp³-hybridized carbons (Fsp3) is 0.414. The Kier molecular flexibility index (Phi) is 7.93. The van der Waals surface area contributed by atoms with Crippen molar-refractivity contribution in [1.82, 2.24) is 20.1 Å². The summed E-state index contributed by atoms with van der Waals surface area (Å²) in [6.45, 7) is 7.27.